The highest BCUT2D eigenvalue weighted by atomic mass is 32.2. The summed E-state index contributed by atoms with van der Waals surface area (Å²) in [5.41, 5.74) is 6.81. The summed E-state index contributed by atoms with van der Waals surface area (Å²) in [6.07, 6.45) is 0. The highest BCUT2D eigenvalue weighted by Crippen LogP contribution is 2.28. The fraction of sp³-hybridized carbons (Fsp3) is 0.0714. The molecule has 3 nitrogen and oxygen atoms in total. The SMILES string of the molecule is NC(=O)[S@](=O)C(c1ccccc1)c1ccccc1. The first kappa shape index (κ1) is 12.5. The van der Waals surface area contributed by atoms with Crippen LogP contribution in [-0.2, 0) is 10.8 Å². The van der Waals surface area contributed by atoms with E-state index >= 15 is 0 Å². The molecule has 2 aromatic rings. The van der Waals surface area contributed by atoms with E-state index in [0.29, 0.717) is 0 Å². The van der Waals surface area contributed by atoms with Gasteiger partial charge in [-0.25, -0.2) is 4.21 Å². The topological polar surface area (TPSA) is 60.2 Å². The number of hydrogen-bond donors (Lipinski definition) is 1. The summed E-state index contributed by atoms with van der Waals surface area (Å²) in [6, 6.07) is 18.5. The van der Waals surface area contributed by atoms with E-state index in [1.165, 1.54) is 0 Å². The van der Waals surface area contributed by atoms with Gasteiger partial charge in [0.15, 0.2) is 0 Å². The first-order valence-electron chi connectivity index (χ1n) is 5.50. The van der Waals surface area contributed by atoms with Gasteiger partial charge in [-0.2, -0.15) is 0 Å². The molecule has 18 heavy (non-hydrogen) atoms. The van der Waals surface area contributed by atoms with Gasteiger partial charge in [0.2, 0.25) is 0 Å². The average Bonchev–Trinajstić information content (AvgIpc) is 2.41. The molecule has 1 amide bonds. The van der Waals surface area contributed by atoms with E-state index in [1.807, 2.05) is 60.7 Å². The lowest BCUT2D eigenvalue weighted by molar-refractivity contribution is 0.266. The molecule has 0 unspecified atom stereocenters. The Morgan fingerprint density at radius 1 is 0.889 bits per heavy atom. The summed E-state index contributed by atoms with van der Waals surface area (Å²) in [7, 11) is -1.77. The van der Waals surface area contributed by atoms with Crippen molar-refractivity contribution in [3.63, 3.8) is 0 Å². The molecule has 0 aliphatic carbocycles. The van der Waals surface area contributed by atoms with Crippen LogP contribution in [0.3, 0.4) is 0 Å². The van der Waals surface area contributed by atoms with Crippen molar-refractivity contribution >= 4 is 16.0 Å². The Bertz CT molecular complexity index is 515. The third-order valence-electron chi connectivity index (χ3n) is 2.62. The maximum absolute atomic E-state index is 12.1. The minimum Gasteiger partial charge on any atom is -0.358 e. The predicted octanol–water partition coefficient (Wildman–Crippen LogP) is 2.60. The zero-order valence-electron chi connectivity index (χ0n) is 9.65. The molecule has 2 rings (SSSR count). The lowest BCUT2D eigenvalue weighted by Gasteiger charge is -2.15. The average molecular weight is 259 g/mol. The van der Waals surface area contributed by atoms with Crippen LogP contribution in [0, 0.1) is 0 Å². The molecule has 0 bridgehead atoms. The molecule has 0 aromatic heterocycles. The van der Waals surface area contributed by atoms with E-state index < -0.39 is 21.3 Å². The van der Waals surface area contributed by atoms with Crippen molar-refractivity contribution in [3.05, 3.63) is 71.8 Å². The molecule has 0 aliphatic heterocycles. The fourth-order valence-corrected chi connectivity index (χ4v) is 2.85. The van der Waals surface area contributed by atoms with Crippen LogP contribution in [-0.4, -0.2) is 9.45 Å². The molecular formula is C14H13NO2S. The van der Waals surface area contributed by atoms with Crippen molar-refractivity contribution in [2.45, 2.75) is 5.25 Å². The van der Waals surface area contributed by atoms with E-state index in [2.05, 4.69) is 0 Å². The number of hydrogen-bond acceptors (Lipinski definition) is 2. The first-order chi connectivity index (χ1) is 8.70. The molecule has 0 saturated carbocycles. The van der Waals surface area contributed by atoms with Gasteiger partial charge in [-0.05, 0) is 11.1 Å². The number of nitrogens with two attached hydrogens (primary N) is 1. The highest BCUT2D eigenvalue weighted by molar-refractivity contribution is 8.00. The minimum absolute atomic E-state index is 0.509. The highest BCUT2D eigenvalue weighted by Gasteiger charge is 2.24. The molecule has 0 radical (unpaired) electrons. The number of rotatable bonds is 3. The minimum atomic E-state index is -1.77. The number of carbonyl (C=O) groups excluding carboxylic acids is 1. The Hall–Kier alpha value is -1.94. The van der Waals surface area contributed by atoms with Crippen molar-refractivity contribution in [2.75, 3.05) is 0 Å². The van der Waals surface area contributed by atoms with Crippen LogP contribution in [0.4, 0.5) is 4.79 Å². The van der Waals surface area contributed by atoms with Gasteiger partial charge >= 0.3 is 5.24 Å². The van der Waals surface area contributed by atoms with Crippen molar-refractivity contribution < 1.29 is 9.00 Å². The van der Waals surface area contributed by atoms with E-state index in [-0.39, 0.29) is 0 Å². The molecule has 0 spiro atoms. The fourth-order valence-electron chi connectivity index (χ4n) is 1.81. The Balaban J connectivity index is 2.48. The summed E-state index contributed by atoms with van der Waals surface area (Å²) in [6.45, 7) is 0. The zero-order chi connectivity index (χ0) is 13.0. The first-order valence-corrected chi connectivity index (χ1v) is 6.71. The van der Waals surface area contributed by atoms with Gasteiger partial charge < -0.3 is 5.73 Å². The Kier molecular flexibility index (Phi) is 3.89. The van der Waals surface area contributed by atoms with Crippen LogP contribution in [0.2, 0.25) is 0 Å². The molecule has 0 heterocycles. The number of primary amides is 1. The van der Waals surface area contributed by atoms with Crippen LogP contribution < -0.4 is 5.73 Å². The second-order valence-corrected chi connectivity index (χ2v) is 5.29. The molecular weight excluding hydrogens is 246 g/mol. The van der Waals surface area contributed by atoms with Gasteiger partial charge in [0.25, 0.3) is 0 Å². The lowest BCUT2D eigenvalue weighted by atomic mass is 10.0. The van der Waals surface area contributed by atoms with E-state index in [9.17, 15) is 9.00 Å². The van der Waals surface area contributed by atoms with Crippen LogP contribution in [0.1, 0.15) is 16.4 Å². The van der Waals surface area contributed by atoms with Crippen molar-refractivity contribution in [1.82, 2.24) is 0 Å². The Morgan fingerprint density at radius 3 is 1.61 bits per heavy atom. The Morgan fingerprint density at radius 2 is 1.28 bits per heavy atom. The maximum Gasteiger partial charge on any atom is 0.307 e. The second kappa shape index (κ2) is 5.60. The summed E-state index contributed by atoms with van der Waals surface area (Å²) < 4.78 is 12.1. The molecule has 2 aromatic carbocycles. The van der Waals surface area contributed by atoms with Gasteiger partial charge in [-0.3, -0.25) is 4.79 Å². The van der Waals surface area contributed by atoms with Gasteiger partial charge in [0.05, 0.1) is 5.25 Å². The second-order valence-electron chi connectivity index (χ2n) is 3.82. The molecule has 0 fully saturated rings. The van der Waals surface area contributed by atoms with Crippen LogP contribution in [0.5, 0.6) is 0 Å². The van der Waals surface area contributed by atoms with Crippen LogP contribution in [0.15, 0.2) is 60.7 Å². The van der Waals surface area contributed by atoms with E-state index in [4.69, 9.17) is 5.73 Å². The van der Waals surface area contributed by atoms with Gasteiger partial charge in [-0.15, -0.1) is 0 Å². The third kappa shape index (κ3) is 2.65. The van der Waals surface area contributed by atoms with Crippen molar-refractivity contribution in [1.29, 1.82) is 0 Å². The smallest absolute Gasteiger partial charge is 0.307 e. The summed E-state index contributed by atoms with van der Waals surface area (Å²) in [5.74, 6) is 0. The number of benzene rings is 2. The standard InChI is InChI=1S/C14H13NO2S/c15-14(16)18(17)13(11-7-3-1-4-8-11)12-9-5-2-6-10-12/h1-10,13H,(H2,15,16)/t18-/m1/s1. The predicted molar refractivity (Wildman–Crippen MR) is 72.5 cm³/mol. The van der Waals surface area contributed by atoms with Crippen LogP contribution in [0.25, 0.3) is 0 Å². The van der Waals surface area contributed by atoms with E-state index in [1.54, 1.807) is 0 Å². The number of amides is 1. The molecule has 0 aliphatic rings. The van der Waals surface area contributed by atoms with E-state index in [0.717, 1.165) is 11.1 Å². The third-order valence-corrected chi connectivity index (χ3v) is 3.99. The van der Waals surface area contributed by atoms with Crippen LogP contribution >= 0.6 is 0 Å². The van der Waals surface area contributed by atoms with Crippen molar-refractivity contribution in [3.8, 4) is 0 Å². The molecule has 0 saturated heterocycles. The quantitative estimate of drug-likeness (QED) is 0.921. The van der Waals surface area contributed by atoms with Gasteiger partial charge in [0, 0.05) is 0 Å². The largest absolute Gasteiger partial charge is 0.358 e. The summed E-state index contributed by atoms with van der Waals surface area (Å²) in [4.78, 5) is 11.2. The maximum atomic E-state index is 12.1. The monoisotopic (exact) mass is 259 g/mol. The molecule has 4 heteroatoms. The van der Waals surface area contributed by atoms with Crippen molar-refractivity contribution in [2.24, 2.45) is 5.73 Å². The molecule has 1 atom stereocenters. The molecule has 2 N–H and O–H groups in total. The summed E-state index contributed by atoms with van der Waals surface area (Å²) >= 11 is 0. The normalized spacial score (nSPS) is 12.3. The Labute approximate surface area is 108 Å². The molecule has 92 valence electrons. The summed E-state index contributed by atoms with van der Waals surface area (Å²) in [5, 5.41) is -1.31. The lowest BCUT2D eigenvalue weighted by Crippen LogP contribution is -2.22. The van der Waals surface area contributed by atoms with Gasteiger partial charge in [0.1, 0.15) is 10.8 Å². The number of carbonyl (C=O) groups is 1. The zero-order valence-corrected chi connectivity index (χ0v) is 10.5. The van der Waals surface area contributed by atoms with Gasteiger partial charge in [-0.1, -0.05) is 60.7 Å².